The van der Waals surface area contributed by atoms with Crippen LogP contribution in [0.3, 0.4) is 0 Å². The van der Waals surface area contributed by atoms with Gasteiger partial charge in [0.1, 0.15) is 5.82 Å². The molecule has 0 bridgehead atoms. The molecule has 0 aromatic heterocycles. The monoisotopic (exact) mass is 319 g/mol. The van der Waals surface area contributed by atoms with Gasteiger partial charge >= 0.3 is 5.97 Å². The van der Waals surface area contributed by atoms with Gasteiger partial charge in [-0.1, -0.05) is 23.7 Å². The zero-order chi connectivity index (χ0) is 15.7. The van der Waals surface area contributed by atoms with Gasteiger partial charge in [-0.2, -0.15) is 0 Å². The van der Waals surface area contributed by atoms with Crippen LogP contribution in [0.15, 0.2) is 42.5 Å². The first-order chi connectivity index (χ1) is 10.5. The van der Waals surface area contributed by atoms with Gasteiger partial charge in [0.05, 0.1) is 5.92 Å². The minimum absolute atomic E-state index is 0.292. The van der Waals surface area contributed by atoms with Crippen molar-refractivity contribution in [1.29, 1.82) is 0 Å². The van der Waals surface area contributed by atoms with E-state index in [4.69, 9.17) is 16.7 Å². The van der Waals surface area contributed by atoms with Crippen molar-refractivity contribution < 1.29 is 14.3 Å². The summed E-state index contributed by atoms with van der Waals surface area (Å²) in [4.78, 5) is 13.1. The Labute approximate surface area is 132 Å². The zero-order valence-corrected chi connectivity index (χ0v) is 12.6. The predicted octanol–water partition coefficient (Wildman–Crippen LogP) is 4.06. The Bertz CT molecular complexity index is 702. The summed E-state index contributed by atoms with van der Waals surface area (Å²) in [7, 11) is 0. The Morgan fingerprint density at radius 2 is 1.95 bits per heavy atom. The molecule has 1 saturated heterocycles. The Balaban J connectivity index is 1.90. The second-order valence-electron chi connectivity index (χ2n) is 5.44. The molecule has 0 saturated carbocycles. The van der Waals surface area contributed by atoms with Gasteiger partial charge in [-0.15, -0.1) is 0 Å². The summed E-state index contributed by atoms with van der Waals surface area (Å²) in [5, 5.41) is 9.68. The number of rotatable bonds is 3. The van der Waals surface area contributed by atoms with Gasteiger partial charge in [-0.05, 0) is 42.3 Å². The maximum Gasteiger partial charge on any atom is 0.308 e. The van der Waals surface area contributed by atoms with Crippen LogP contribution in [0.4, 0.5) is 10.1 Å². The van der Waals surface area contributed by atoms with Gasteiger partial charge in [-0.3, -0.25) is 4.79 Å². The minimum Gasteiger partial charge on any atom is -0.481 e. The maximum absolute atomic E-state index is 13.0. The average Bonchev–Trinajstić information content (AvgIpc) is 2.99. The number of nitrogens with zero attached hydrogens (tertiary/aromatic N) is 1. The fourth-order valence-corrected chi connectivity index (χ4v) is 2.98. The molecule has 2 aromatic carbocycles. The summed E-state index contributed by atoms with van der Waals surface area (Å²) in [6.45, 7) is 1.21. The van der Waals surface area contributed by atoms with E-state index in [1.54, 1.807) is 18.2 Å². The van der Waals surface area contributed by atoms with Gasteiger partial charge in [-0.25, -0.2) is 4.39 Å². The second kappa shape index (κ2) is 5.97. The van der Waals surface area contributed by atoms with Gasteiger partial charge < -0.3 is 10.0 Å². The Kier molecular flexibility index (Phi) is 4.03. The van der Waals surface area contributed by atoms with Crippen molar-refractivity contribution in [2.45, 2.75) is 6.42 Å². The fourth-order valence-electron chi connectivity index (χ4n) is 2.76. The average molecular weight is 320 g/mol. The van der Waals surface area contributed by atoms with Crippen molar-refractivity contribution in [2.24, 2.45) is 5.92 Å². The normalized spacial score (nSPS) is 17.7. The van der Waals surface area contributed by atoms with E-state index in [2.05, 4.69) is 0 Å². The molecule has 1 heterocycles. The summed E-state index contributed by atoms with van der Waals surface area (Å²) >= 11 is 6.25. The minimum atomic E-state index is -0.754. The lowest BCUT2D eigenvalue weighted by molar-refractivity contribution is -0.140. The number of carbonyl (C=O) groups is 1. The molecular weight excluding hydrogens is 305 g/mol. The SMILES string of the molecule is O=C(O)[C@@H]1CCN(c2ccc(Cl)c(-c3ccc(F)cc3)c2)C1. The summed E-state index contributed by atoms with van der Waals surface area (Å²) in [5.41, 5.74) is 2.59. The molecule has 0 unspecified atom stereocenters. The molecule has 1 N–H and O–H groups in total. The van der Waals surface area contributed by atoms with E-state index in [-0.39, 0.29) is 11.7 Å². The van der Waals surface area contributed by atoms with Gasteiger partial charge in [0, 0.05) is 29.4 Å². The van der Waals surface area contributed by atoms with E-state index in [1.165, 1.54) is 12.1 Å². The third-order valence-electron chi connectivity index (χ3n) is 4.01. The lowest BCUT2D eigenvalue weighted by Gasteiger charge is -2.19. The van der Waals surface area contributed by atoms with Crippen LogP contribution in [0.5, 0.6) is 0 Å². The maximum atomic E-state index is 13.0. The van der Waals surface area contributed by atoms with Gasteiger partial charge in [0.2, 0.25) is 0 Å². The number of anilines is 1. The van der Waals surface area contributed by atoms with Crippen LogP contribution < -0.4 is 4.90 Å². The molecule has 2 aromatic rings. The van der Waals surface area contributed by atoms with Crippen LogP contribution in [0.1, 0.15) is 6.42 Å². The highest BCUT2D eigenvalue weighted by Crippen LogP contribution is 2.33. The zero-order valence-electron chi connectivity index (χ0n) is 11.8. The van der Waals surface area contributed by atoms with Crippen LogP contribution in [0.2, 0.25) is 5.02 Å². The van der Waals surface area contributed by atoms with Crippen LogP contribution >= 0.6 is 11.6 Å². The number of hydrogen-bond acceptors (Lipinski definition) is 2. The molecule has 5 heteroatoms. The van der Waals surface area contributed by atoms with E-state index < -0.39 is 5.97 Å². The smallest absolute Gasteiger partial charge is 0.308 e. The molecule has 1 atom stereocenters. The van der Waals surface area contributed by atoms with Crippen molar-refractivity contribution >= 4 is 23.3 Å². The molecule has 0 amide bonds. The number of aliphatic carboxylic acids is 1. The van der Waals surface area contributed by atoms with E-state index in [9.17, 15) is 9.18 Å². The molecule has 0 spiro atoms. The van der Waals surface area contributed by atoms with Crippen molar-refractivity contribution in [2.75, 3.05) is 18.0 Å². The van der Waals surface area contributed by atoms with E-state index in [0.29, 0.717) is 24.5 Å². The van der Waals surface area contributed by atoms with E-state index in [0.717, 1.165) is 16.8 Å². The summed E-state index contributed by atoms with van der Waals surface area (Å²) in [5.74, 6) is -1.37. The quantitative estimate of drug-likeness (QED) is 0.927. The topological polar surface area (TPSA) is 40.5 Å². The van der Waals surface area contributed by atoms with Crippen molar-refractivity contribution in [1.82, 2.24) is 0 Å². The fraction of sp³-hybridized carbons (Fsp3) is 0.235. The first-order valence-electron chi connectivity index (χ1n) is 7.08. The molecular formula is C17H15ClFNO2. The Morgan fingerprint density at radius 3 is 2.59 bits per heavy atom. The molecule has 114 valence electrons. The summed E-state index contributed by atoms with van der Waals surface area (Å²) < 4.78 is 13.0. The number of carboxylic acids is 1. The van der Waals surface area contributed by atoms with Crippen LogP contribution in [-0.4, -0.2) is 24.2 Å². The predicted molar refractivity (Wildman–Crippen MR) is 84.8 cm³/mol. The molecule has 22 heavy (non-hydrogen) atoms. The van der Waals surface area contributed by atoms with Crippen LogP contribution in [0.25, 0.3) is 11.1 Å². The molecule has 0 aliphatic carbocycles. The lowest BCUT2D eigenvalue weighted by atomic mass is 10.0. The number of carboxylic acid groups (broad SMARTS) is 1. The first kappa shape index (κ1) is 14.9. The van der Waals surface area contributed by atoms with Crippen LogP contribution in [0, 0.1) is 11.7 Å². The Hall–Kier alpha value is -2.07. The van der Waals surface area contributed by atoms with E-state index in [1.807, 2.05) is 17.0 Å². The van der Waals surface area contributed by atoms with Gasteiger partial charge in [0.25, 0.3) is 0 Å². The number of benzene rings is 2. The molecule has 1 aliphatic rings. The Morgan fingerprint density at radius 1 is 1.23 bits per heavy atom. The largest absolute Gasteiger partial charge is 0.481 e. The van der Waals surface area contributed by atoms with Crippen molar-refractivity contribution in [3.05, 3.63) is 53.3 Å². The summed E-state index contributed by atoms with van der Waals surface area (Å²) in [6.07, 6.45) is 0.643. The summed E-state index contributed by atoms with van der Waals surface area (Å²) in [6, 6.07) is 11.8. The van der Waals surface area contributed by atoms with Crippen molar-refractivity contribution in [3.8, 4) is 11.1 Å². The first-order valence-corrected chi connectivity index (χ1v) is 7.45. The highest BCUT2D eigenvalue weighted by molar-refractivity contribution is 6.33. The highest BCUT2D eigenvalue weighted by Gasteiger charge is 2.28. The third-order valence-corrected chi connectivity index (χ3v) is 4.34. The molecule has 1 aliphatic heterocycles. The van der Waals surface area contributed by atoms with Crippen molar-refractivity contribution in [3.63, 3.8) is 0 Å². The second-order valence-corrected chi connectivity index (χ2v) is 5.85. The molecule has 0 radical (unpaired) electrons. The molecule has 1 fully saturated rings. The third kappa shape index (κ3) is 2.92. The highest BCUT2D eigenvalue weighted by atomic mass is 35.5. The lowest BCUT2D eigenvalue weighted by Crippen LogP contribution is -2.22. The molecule has 3 rings (SSSR count). The van der Waals surface area contributed by atoms with E-state index >= 15 is 0 Å². The van der Waals surface area contributed by atoms with Gasteiger partial charge in [0.15, 0.2) is 0 Å². The standard InChI is InChI=1S/C17H15ClFNO2/c18-16-6-5-14(20-8-7-12(10-20)17(21)22)9-15(16)11-1-3-13(19)4-2-11/h1-6,9,12H,7-8,10H2,(H,21,22)/t12-/m1/s1. The number of hydrogen-bond donors (Lipinski definition) is 1. The molecule has 3 nitrogen and oxygen atoms in total. The number of halogens is 2. The van der Waals surface area contributed by atoms with Crippen LogP contribution in [-0.2, 0) is 4.79 Å².